The van der Waals surface area contributed by atoms with E-state index in [9.17, 15) is 9.59 Å². The molecule has 2 aromatic carbocycles. The van der Waals surface area contributed by atoms with E-state index in [2.05, 4.69) is 22.1 Å². The monoisotopic (exact) mass is 445 g/mol. The van der Waals surface area contributed by atoms with E-state index in [1.807, 2.05) is 18.2 Å². The van der Waals surface area contributed by atoms with Crippen molar-refractivity contribution in [3.8, 4) is 11.8 Å². The highest BCUT2D eigenvalue weighted by Crippen LogP contribution is 2.39. The van der Waals surface area contributed by atoms with Crippen LogP contribution in [-0.2, 0) is 10.3 Å². The van der Waals surface area contributed by atoms with E-state index in [-0.39, 0.29) is 5.56 Å². The quantitative estimate of drug-likeness (QED) is 0.592. The number of carbonyl (C=O) groups is 2. The van der Waals surface area contributed by atoms with E-state index in [4.69, 9.17) is 0 Å². The molecule has 5 nitrogen and oxygen atoms in total. The normalized spacial score (nSPS) is 20.1. The number of urea groups is 1. The lowest BCUT2D eigenvalue weighted by atomic mass is 9.76. The van der Waals surface area contributed by atoms with Crippen molar-refractivity contribution in [2.75, 3.05) is 4.90 Å². The van der Waals surface area contributed by atoms with Gasteiger partial charge in [-0.1, -0.05) is 49.1 Å². The van der Waals surface area contributed by atoms with Gasteiger partial charge >= 0.3 is 6.03 Å². The predicted molar refractivity (Wildman–Crippen MR) is 120 cm³/mol. The van der Waals surface area contributed by atoms with Gasteiger partial charge in [0.1, 0.15) is 5.69 Å². The highest BCUT2D eigenvalue weighted by Gasteiger charge is 2.50. The number of hydrogen-bond donors (Lipinski definition) is 1. The maximum absolute atomic E-state index is 15.0. The minimum absolute atomic E-state index is 0.0728. The van der Waals surface area contributed by atoms with Crippen LogP contribution in [0.15, 0.2) is 67.0 Å². The fourth-order valence-electron chi connectivity index (χ4n) is 4.15. The van der Waals surface area contributed by atoms with Crippen LogP contribution in [0.2, 0.25) is 0 Å². The van der Waals surface area contributed by atoms with E-state index < -0.39 is 40.7 Å². The van der Waals surface area contributed by atoms with Gasteiger partial charge < -0.3 is 5.32 Å². The van der Waals surface area contributed by atoms with E-state index in [1.165, 1.54) is 6.20 Å². The summed E-state index contributed by atoms with van der Waals surface area (Å²) in [6.45, 7) is 3.54. The second-order valence-corrected chi connectivity index (χ2v) is 7.91. The molecule has 7 heteroatoms. The summed E-state index contributed by atoms with van der Waals surface area (Å²) in [6.07, 6.45) is 3.48. The third-order valence-corrected chi connectivity index (χ3v) is 5.82. The van der Waals surface area contributed by atoms with Crippen molar-refractivity contribution in [2.24, 2.45) is 5.92 Å². The maximum atomic E-state index is 15.0. The summed E-state index contributed by atoms with van der Waals surface area (Å²) < 4.78 is 30.0. The van der Waals surface area contributed by atoms with Crippen LogP contribution in [0.1, 0.15) is 37.0 Å². The van der Waals surface area contributed by atoms with Crippen molar-refractivity contribution in [2.45, 2.75) is 25.8 Å². The average Bonchev–Trinajstić information content (AvgIpc) is 2.80. The first-order chi connectivity index (χ1) is 15.8. The van der Waals surface area contributed by atoms with E-state index in [1.54, 1.807) is 44.3 Å². The van der Waals surface area contributed by atoms with Crippen LogP contribution in [-0.4, -0.2) is 16.9 Å². The van der Waals surface area contributed by atoms with Gasteiger partial charge in [-0.05, 0) is 43.2 Å². The maximum Gasteiger partial charge on any atom is 0.329 e. The molecule has 166 valence electrons. The molecule has 0 bridgehead atoms. The van der Waals surface area contributed by atoms with Crippen molar-refractivity contribution >= 4 is 17.6 Å². The molecule has 1 aromatic heterocycles. The molecule has 1 fully saturated rings. The molecule has 0 saturated carbocycles. The smallest absolute Gasteiger partial charge is 0.327 e. The van der Waals surface area contributed by atoms with Gasteiger partial charge in [0.25, 0.3) is 0 Å². The van der Waals surface area contributed by atoms with Crippen LogP contribution >= 0.6 is 0 Å². The van der Waals surface area contributed by atoms with Gasteiger partial charge in [-0.2, -0.15) is 0 Å². The second kappa shape index (κ2) is 8.83. The standard InChI is InChI=1S/C26H21F2N3O2/c1-3-20-24(32)31(25(33)30-26(20,2)19-9-5-4-6-10-19)23-21(27)14-18(15-22(23)28)12-11-17-8-7-13-29-16-17/h4-10,13-16,20H,3H2,1-2H3,(H,30,33). The Labute approximate surface area is 190 Å². The fraction of sp³-hybridized carbons (Fsp3) is 0.192. The van der Waals surface area contributed by atoms with Crippen LogP contribution in [0.4, 0.5) is 19.3 Å². The molecule has 2 unspecified atom stereocenters. The van der Waals surface area contributed by atoms with Gasteiger partial charge in [-0.25, -0.2) is 18.5 Å². The minimum atomic E-state index is -1.05. The number of carbonyl (C=O) groups excluding carboxylic acids is 2. The minimum Gasteiger partial charge on any atom is -0.327 e. The van der Waals surface area contributed by atoms with Crippen molar-refractivity contribution < 1.29 is 18.4 Å². The predicted octanol–water partition coefficient (Wildman–Crippen LogP) is 4.76. The molecule has 1 saturated heterocycles. The van der Waals surface area contributed by atoms with Crippen LogP contribution < -0.4 is 10.2 Å². The van der Waals surface area contributed by atoms with E-state index in [0.717, 1.165) is 17.7 Å². The summed E-state index contributed by atoms with van der Waals surface area (Å²) in [5.74, 6) is 1.96. The largest absolute Gasteiger partial charge is 0.329 e. The molecule has 3 amide bonds. The number of pyridine rings is 1. The number of benzene rings is 2. The number of hydrogen-bond acceptors (Lipinski definition) is 3. The van der Waals surface area contributed by atoms with E-state index >= 15 is 8.78 Å². The van der Waals surface area contributed by atoms with Gasteiger partial charge in [-0.15, -0.1) is 0 Å². The second-order valence-electron chi connectivity index (χ2n) is 7.91. The number of nitrogens with one attached hydrogen (secondary N) is 1. The summed E-state index contributed by atoms with van der Waals surface area (Å²) in [5.41, 5.74) is -0.330. The van der Waals surface area contributed by atoms with Crippen molar-refractivity contribution in [3.05, 3.63) is 95.3 Å². The van der Waals surface area contributed by atoms with Crippen molar-refractivity contribution in [3.63, 3.8) is 0 Å². The molecule has 4 rings (SSSR count). The summed E-state index contributed by atoms with van der Waals surface area (Å²) >= 11 is 0. The van der Waals surface area contributed by atoms with Crippen LogP contribution in [0.3, 0.4) is 0 Å². The first-order valence-corrected chi connectivity index (χ1v) is 10.5. The molecular weight excluding hydrogens is 424 g/mol. The van der Waals surface area contributed by atoms with Gasteiger partial charge in [0.15, 0.2) is 11.6 Å². The Balaban J connectivity index is 1.70. The molecule has 2 heterocycles. The molecule has 0 spiro atoms. The Morgan fingerprint density at radius 1 is 1.03 bits per heavy atom. The lowest BCUT2D eigenvalue weighted by Gasteiger charge is -2.45. The Morgan fingerprint density at radius 3 is 2.30 bits per heavy atom. The van der Waals surface area contributed by atoms with Gasteiger partial charge in [0.2, 0.25) is 5.91 Å². The summed E-state index contributed by atoms with van der Waals surface area (Å²) in [7, 11) is 0. The molecule has 3 aromatic rings. The number of imide groups is 1. The highest BCUT2D eigenvalue weighted by atomic mass is 19.1. The number of rotatable bonds is 3. The first-order valence-electron chi connectivity index (χ1n) is 10.5. The van der Waals surface area contributed by atoms with Gasteiger partial charge in [0.05, 0.1) is 11.5 Å². The first kappa shape index (κ1) is 22.2. The number of nitrogens with zero attached hydrogens (tertiary/aromatic N) is 2. The summed E-state index contributed by atoms with van der Waals surface area (Å²) in [6, 6.07) is 13.6. The van der Waals surface area contributed by atoms with E-state index in [0.29, 0.717) is 16.9 Å². The Morgan fingerprint density at radius 2 is 1.70 bits per heavy atom. The van der Waals surface area contributed by atoms with Gasteiger partial charge in [-0.3, -0.25) is 9.78 Å². The number of aromatic nitrogens is 1. The number of amides is 3. The molecular formula is C26H21F2N3O2. The zero-order chi connectivity index (χ0) is 23.6. The molecule has 33 heavy (non-hydrogen) atoms. The average molecular weight is 445 g/mol. The molecule has 0 radical (unpaired) electrons. The van der Waals surface area contributed by atoms with Crippen LogP contribution in [0.25, 0.3) is 0 Å². The Bertz CT molecular complexity index is 1250. The third kappa shape index (κ3) is 4.08. The van der Waals surface area contributed by atoms with Gasteiger partial charge in [0, 0.05) is 23.5 Å². The SMILES string of the molecule is CCC1C(=O)N(c2c(F)cc(C#Cc3cccnc3)cc2F)C(=O)NC1(C)c1ccccc1. The molecule has 1 N–H and O–H groups in total. The summed E-state index contributed by atoms with van der Waals surface area (Å²) in [5, 5.41) is 2.80. The fourth-order valence-corrected chi connectivity index (χ4v) is 4.15. The zero-order valence-corrected chi connectivity index (χ0v) is 18.1. The lowest BCUT2D eigenvalue weighted by molar-refractivity contribution is -0.125. The molecule has 1 aliphatic heterocycles. The highest BCUT2D eigenvalue weighted by molar-refractivity contribution is 6.17. The third-order valence-electron chi connectivity index (χ3n) is 5.82. The van der Waals surface area contributed by atoms with Crippen LogP contribution in [0, 0.1) is 29.4 Å². The van der Waals surface area contributed by atoms with Crippen LogP contribution in [0.5, 0.6) is 0 Å². The number of anilines is 1. The molecule has 2 atom stereocenters. The Hall–Kier alpha value is -4.05. The molecule has 1 aliphatic rings. The van der Waals surface area contributed by atoms with Crippen molar-refractivity contribution in [1.29, 1.82) is 0 Å². The van der Waals surface area contributed by atoms with Crippen molar-refractivity contribution in [1.82, 2.24) is 10.3 Å². The topological polar surface area (TPSA) is 62.3 Å². The number of halogens is 2. The summed E-state index contributed by atoms with van der Waals surface area (Å²) in [4.78, 5) is 30.8. The molecule has 0 aliphatic carbocycles. The lowest BCUT2D eigenvalue weighted by Crippen LogP contribution is -2.65. The zero-order valence-electron chi connectivity index (χ0n) is 18.1. The Kier molecular flexibility index (Phi) is 5.93.